The van der Waals surface area contributed by atoms with Crippen molar-refractivity contribution in [1.29, 1.82) is 0 Å². The largest absolute Gasteiger partial charge is 0.490 e. The zero-order chi connectivity index (χ0) is 19.6. The normalized spacial score (nSPS) is 22.7. The molecule has 3 aliphatic rings. The molecule has 1 aromatic rings. The number of nitrogens with zero attached hydrogens (tertiary/aromatic N) is 4. The lowest BCUT2D eigenvalue weighted by molar-refractivity contribution is -0.192. The van der Waals surface area contributed by atoms with Crippen molar-refractivity contribution in [3.05, 3.63) is 11.4 Å². The molecule has 0 radical (unpaired) electrons. The number of aromatic nitrogens is 3. The molecule has 152 valence electrons. The predicted octanol–water partition coefficient (Wildman–Crippen LogP) is 2.18. The van der Waals surface area contributed by atoms with Crippen molar-refractivity contribution in [2.75, 3.05) is 26.3 Å². The molecular weight excluding hydrogens is 365 g/mol. The fourth-order valence-electron chi connectivity index (χ4n) is 3.29. The lowest BCUT2D eigenvalue weighted by Crippen LogP contribution is -2.37. The highest BCUT2D eigenvalue weighted by molar-refractivity contribution is 5.73. The van der Waals surface area contributed by atoms with E-state index in [0.717, 1.165) is 38.1 Å². The summed E-state index contributed by atoms with van der Waals surface area (Å²) in [6.45, 7) is 5.08. The summed E-state index contributed by atoms with van der Waals surface area (Å²) in [7, 11) is 2.01. The molecule has 2 saturated carbocycles. The minimum absolute atomic E-state index is 0.441. The number of hydrogen-bond donors (Lipinski definition) is 1. The van der Waals surface area contributed by atoms with Gasteiger partial charge in [-0.15, -0.1) is 5.10 Å². The first-order valence-electron chi connectivity index (χ1n) is 9.22. The Morgan fingerprint density at radius 2 is 1.85 bits per heavy atom. The average Bonchev–Trinajstić information content (AvgIpc) is 3.49. The van der Waals surface area contributed by atoms with Crippen LogP contribution in [0.1, 0.15) is 43.0 Å². The number of carbonyl (C=O) groups is 1. The standard InChI is InChI=1S/C15H24N4O.C2HF3O2/c1-18-15-13(10-20-9-12-4-5-12)7-19(6-11-2-3-11)8-14(15)16-17-18;3-2(4,5)1(6)7/h11-13H,2-10H2,1H3;(H,6,7). The van der Waals surface area contributed by atoms with E-state index in [1.54, 1.807) is 0 Å². The fourth-order valence-corrected chi connectivity index (χ4v) is 3.29. The monoisotopic (exact) mass is 390 g/mol. The first-order valence-corrected chi connectivity index (χ1v) is 9.22. The van der Waals surface area contributed by atoms with Crippen molar-refractivity contribution in [2.24, 2.45) is 18.9 Å². The van der Waals surface area contributed by atoms with Crippen LogP contribution in [0.25, 0.3) is 0 Å². The van der Waals surface area contributed by atoms with Gasteiger partial charge in [0.1, 0.15) is 5.69 Å². The summed E-state index contributed by atoms with van der Waals surface area (Å²) in [6, 6.07) is 0. The van der Waals surface area contributed by atoms with Crippen molar-refractivity contribution in [1.82, 2.24) is 19.9 Å². The van der Waals surface area contributed by atoms with Crippen LogP contribution in [0.2, 0.25) is 0 Å². The minimum atomic E-state index is -5.08. The number of ether oxygens (including phenoxy) is 1. The van der Waals surface area contributed by atoms with E-state index in [9.17, 15) is 13.2 Å². The van der Waals surface area contributed by atoms with Crippen LogP contribution in [-0.2, 0) is 23.1 Å². The topological polar surface area (TPSA) is 80.5 Å². The highest BCUT2D eigenvalue weighted by Gasteiger charge is 2.38. The van der Waals surface area contributed by atoms with Crippen LogP contribution in [0.15, 0.2) is 0 Å². The molecule has 1 atom stereocenters. The zero-order valence-electron chi connectivity index (χ0n) is 15.3. The summed E-state index contributed by atoms with van der Waals surface area (Å²) in [4.78, 5) is 11.5. The van der Waals surface area contributed by atoms with E-state index in [-0.39, 0.29) is 0 Å². The summed E-state index contributed by atoms with van der Waals surface area (Å²) in [5.74, 6) is -0.546. The molecule has 1 N–H and O–H groups in total. The third kappa shape index (κ3) is 5.90. The second kappa shape index (κ2) is 8.14. The third-order valence-electron chi connectivity index (χ3n) is 5.01. The Labute approximate surface area is 155 Å². The Morgan fingerprint density at radius 1 is 1.22 bits per heavy atom. The van der Waals surface area contributed by atoms with E-state index < -0.39 is 12.1 Å². The highest BCUT2D eigenvalue weighted by atomic mass is 19.4. The molecule has 2 aliphatic carbocycles. The van der Waals surface area contributed by atoms with E-state index in [4.69, 9.17) is 14.6 Å². The first-order chi connectivity index (χ1) is 12.7. The zero-order valence-corrected chi connectivity index (χ0v) is 15.3. The van der Waals surface area contributed by atoms with Gasteiger partial charge in [-0.05, 0) is 37.5 Å². The number of rotatable bonds is 6. The number of hydrogen-bond acceptors (Lipinski definition) is 5. The molecular formula is C17H25F3N4O3. The van der Waals surface area contributed by atoms with Gasteiger partial charge in [0.25, 0.3) is 0 Å². The lowest BCUT2D eigenvalue weighted by Gasteiger charge is -2.32. The van der Waals surface area contributed by atoms with Crippen LogP contribution in [-0.4, -0.2) is 63.4 Å². The van der Waals surface area contributed by atoms with Crippen LogP contribution in [0, 0.1) is 11.8 Å². The Balaban J connectivity index is 0.000000260. The fraction of sp³-hybridized carbons (Fsp3) is 0.824. The number of fused-ring (bicyclic) bond motifs is 1. The maximum Gasteiger partial charge on any atom is 0.490 e. The van der Waals surface area contributed by atoms with Crippen LogP contribution >= 0.6 is 0 Å². The van der Waals surface area contributed by atoms with Gasteiger partial charge in [-0.2, -0.15) is 13.2 Å². The van der Waals surface area contributed by atoms with Gasteiger partial charge in [0.15, 0.2) is 0 Å². The lowest BCUT2D eigenvalue weighted by atomic mass is 9.98. The number of carboxylic acid groups (broad SMARTS) is 1. The van der Waals surface area contributed by atoms with Gasteiger partial charge in [0.2, 0.25) is 0 Å². The molecule has 0 saturated heterocycles. The second-order valence-electron chi connectivity index (χ2n) is 7.66. The maximum absolute atomic E-state index is 10.6. The molecule has 1 aliphatic heterocycles. The Kier molecular flexibility index (Phi) is 6.05. The summed E-state index contributed by atoms with van der Waals surface area (Å²) in [6.07, 6.45) is 0.452. The van der Waals surface area contributed by atoms with Crippen LogP contribution in [0.3, 0.4) is 0 Å². The molecule has 2 fully saturated rings. The van der Waals surface area contributed by atoms with Crippen molar-refractivity contribution in [2.45, 2.75) is 44.3 Å². The van der Waals surface area contributed by atoms with Crippen molar-refractivity contribution >= 4 is 5.97 Å². The maximum atomic E-state index is 10.6. The van der Waals surface area contributed by atoms with Gasteiger partial charge in [-0.1, -0.05) is 5.21 Å². The Morgan fingerprint density at radius 3 is 2.41 bits per heavy atom. The number of halogens is 3. The summed E-state index contributed by atoms with van der Waals surface area (Å²) in [5.41, 5.74) is 2.47. The number of aryl methyl sites for hydroxylation is 1. The van der Waals surface area contributed by atoms with Gasteiger partial charge in [0, 0.05) is 39.2 Å². The SMILES string of the molecule is Cn1nnc2c1C(COCC1CC1)CN(CC1CC1)C2.O=C(O)C(F)(F)F. The second-order valence-corrected chi connectivity index (χ2v) is 7.66. The van der Waals surface area contributed by atoms with E-state index in [1.165, 1.54) is 43.6 Å². The molecule has 10 heteroatoms. The molecule has 1 unspecified atom stereocenters. The third-order valence-corrected chi connectivity index (χ3v) is 5.01. The van der Waals surface area contributed by atoms with E-state index >= 15 is 0 Å². The van der Waals surface area contributed by atoms with E-state index in [0.29, 0.717) is 5.92 Å². The van der Waals surface area contributed by atoms with Gasteiger partial charge in [-0.25, -0.2) is 4.79 Å². The number of aliphatic carboxylic acids is 1. The van der Waals surface area contributed by atoms with Crippen LogP contribution < -0.4 is 0 Å². The van der Waals surface area contributed by atoms with Gasteiger partial charge in [0.05, 0.1) is 12.3 Å². The molecule has 1 aromatic heterocycles. The van der Waals surface area contributed by atoms with Gasteiger partial charge >= 0.3 is 12.1 Å². The summed E-state index contributed by atoms with van der Waals surface area (Å²) < 4.78 is 39.6. The molecule has 0 spiro atoms. The smallest absolute Gasteiger partial charge is 0.475 e. The van der Waals surface area contributed by atoms with Crippen molar-refractivity contribution in [3.63, 3.8) is 0 Å². The molecule has 7 nitrogen and oxygen atoms in total. The molecule has 4 rings (SSSR count). The summed E-state index contributed by atoms with van der Waals surface area (Å²) >= 11 is 0. The molecule has 2 heterocycles. The van der Waals surface area contributed by atoms with Crippen LogP contribution in [0.5, 0.6) is 0 Å². The van der Waals surface area contributed by atoms with Gasteiger partial charge in [-0.3, -0.25) is 9.58 Å². The first kappa shape index (κ1) is 20.1. The van der Waals surface area contributed by atoms with Crippen molar-refractivity contribution in [3.8, 4) is 0 Å². The van der Waals surface area contributed by atoms with E-state index in [2.05, 4.69) is 15.2 Å². The highest BCUT2D eigenvalue weighted by Crippen LogP contribution is 2.34. The number of carboxylic acids is 1. The molecule has 0 amide bonds. The molecule has 27 heavy (non-hydrogen) atoms. The Hall–Kier alpha value is -1.68. The quantitative estimate of drug-likeness (QED) is 0.802. The average molecular weight is 390 g/mol. The molecule has 0 bridgehead atoms. The number of alkyl halides is 3. The Bertz CT molecular complexity index is 656. The van der Waals surface area contributed by atoms with Gasteiger partial charge < -0.3 is 9.84 Å². The summed E-state index contributed by atoms with van der Waals surface area (Å²) in [5, 5.41) is 15.7. The van der Waals surface area contributed by atoms with E-state index in [1.807, 2.05) is 11.7 Å². The molecule has 0 aromatic carbocycles. The van der Waals surface area contributed by atoms with Crippen LogP contribution in [0.4, 0.5) is 13.2 Å². The minimum Gasteiger partial charge on any atom is -0.475 e. The van der Waals surface area contributed by atoms with Crippen molar-refractivity contribution < 1.29 is 27.8 Å². The predicted molar refractivity (Wildman–Crippen MR) is 89.0 cm³/mol.